The van der Waals surface area contributed by atoms with Gasteiger partial charge in [-0.1, -0.05) is 36.4 Å². The molecule has 0 saturated carbocycles. The molecule has 38 heavy (non-hydrogen) atoms. The van der Waals surface area contributed by atoms with Crippen LogP contribution in [0, 0.1) is 17.0 Å². The molecule has 3 aromatic carbocycles. The minimum atomic E-state index is -3.01. The Hall–Kier alpha value is -3.10. The molecule has 1 N–H and O–H groups in total. The predicted molar refractivity (Wildman–Crippen MR) is 139 cm³/mol. The van der Waals surface area contributed by atoms with Gasteiger partial charge in [-0.25, -0.2) is 17.6 Å². The number of hydrogen-bond donors (Lipinski definition) is 1. The summed E-state index contributed by atoms with van der Waals surface area (Å²) in [6.45, 7) is 4.23. The maximum atomic E-state index is 15.7. The van der Waals surface area contributed by atoms with Crippen LogP contribution in [0.15, 0.2) is 60.7 Å². The normalized spacial score (nSPS) is 20.6. The average molecular weight is 526 g/mol. The molecule has 3 aliphatic rings. The van der Waals surface area contributed by atoms with E-state index in [2.05, 4.69) is 5.32 Å². The Morgan fingerprint density at radius 2 is 1.71 bits per heavy atom. The molecule has 2 saturated heterocycles. The SMILES string of the molecule is CC(F)(F)CN1CCc2cc(OCc3ccccc3)ccc2C1c1c(F)cc(N2CC3(CNC3)C2)cc1F. The van der Waals surface area contributed by atoms with Crippen molar-refractivity contribution in [2.45, 2.75) is 31.9 Å². The molecule has 0 amide bonds. The molecular formula is C30H31F4N3O. The fourth-order valence-corrected chi connectivity index (χ4v) is 6.01. The second kappa shape index (κ2) is 9.58. The standard InChI is InChI=1S/C30H31F4N3O/c1-29(33,34)17-36-10-9-21-11-23(38-14-20-5-3-2-4-6-20)7-8-24(21)28(36)27-25(31)12-22(13-26(27)32)37-18-30(19-37)15-35-16-30/h2-8,11-13,28,35H,9-10,14-19H2,1H3. The molecule has 8 heteroatoms. The Morgan fingerprint density at radius 3 is 2.34 bits per heavy atom. The molecule has 4 nitrogen and oxygen atoms in total. The number of hydrogen-bond acceptors (Lipinski definition) is 4. The molecule has 1 spiro atoms. The molecule has 0 aliphatic carbocycles. The summed E-state index contributed by atoms with van der Waals surface area (Å²) in [6.07, 6.45) is 0.482. The lowest BCUT2D eigenvalue weighted by molar-refractivity contribution is -0.0245. The van der Waals surface area contributed by atoms with Crippen molar-refractivity contribution < 1.29 is 22.3 Å². The molecular weight excluding hydrogens is 494 g/mol. The lowest BCUT2D eigenvalue weighted by Crippen LogP contribution is -2.71. The van der Waals surface area contributed by atoms with Crippen LogP contribution in [0.25, 0.3) is 0 Å². The van der Waals surface area contributed by atoms with Crippen LogP contribution in [-0.4, -0.2) is 50.1 Å². The van der Waals surface area contributed by atoms with E-state index in [1.807, 2.05) is 41.3 Å². The van der Waals surface area contributed by atoms with Crippen molar-refractivity contribution >= 4 is 5.69 Å². The smallest absolute Gasteiger partial charge is 0.257 e. The highest BCUT2D eigenvalue weighted by Crippen LogP contribution is 2.43. The third-order valence-electron chi connectivity index (χ3n) is 7.93. The second-order valence-electron chi connectivity index (χ2n) is 11.1. The topological polar surface area (TPSA) is 27.7 Å². The summed E-state index contributed by atoms with van der Waals surface area (Å²) in [5.74, 6) is -3.79. The molecule has 0 bridgehead atoms. The van der Waals surface area contributed by atoms with E-state index >= 15 is 8.78 Å². The minimum Gasteiger partial charge on any atom is -0.489 e. The molecule has 200 valence electrons. The van der Waals surface area contributed by atoms with Crippen molar-refractivity contribution in [3.63, 3.8) is 0 Å². The van der Waals surface area contributed by atoms with Crippen molar-refractivity contribution in [1.82, 2.24) is 10.2 Å². The fraction of sp³-hybridized carbons (Fsp3) is 0.400. The van der Waals surface area contributed by atoms with Gasteiger partial charge in [0, 0.05) is 56.3 Å². The maximum Gasteiger partial charge on any atom is 0.257 e. The van der Waals surface area contributed by atoms with E-state index in [0.717, 1.165) is 44.2 Å². The van der Waals surface area contributed by atoms with E-state index in [1.165, 1.54) is 17.0 Å². The Balaban J connectivity index is 1.30. The number of benzene rings is 3. The van der Waals surface area contributed by atoms with E-state index in [4.69, 9.17) is 4.74 Å². The Morgan fingerprint density at radius 1 is 1.00 bits per heavy atom. The zero-order valence-corrected chi connectivity index (χ0v) is 21.3. The number of halogens is 4. The van der Waals surface area contributed by atoms with Crippen molar-refractivity contribution in [3.05, 3.63) is 94.6 Å². The number of nitrogens with one attached hydrogen (secondary N) is 1. The van der Waals surface area contributed by atoms with E-state index < -0.39 is 30.1 Å². The van der Waals surface area contributed by atoms with E-state index in [9.17, 15) is 8.78 Å². The summed E-state index contributed by atoms with van der Waals surface area (Å²) in [7, 11) is 0. The first kappa shape index (κ1) is 25.2. The summed E-state index contributed by atoms with van der Waals surface area (Å²) in [5, 5.41) is 3.25. The van der Waals surface area contributed by atoms with Crippen molar-refractivity contribution in [3.8, 4) is 5.75 Å². The van der Waals surface area contributed by atoms with Crippen LogP contribution in [0.3, 0.4) is 0 Å². The number of anilines is 1. The number of ether oxygens (including phenoxy) is 1. The van der Waals surface area contributed by atoms with Crippen LogP contribution in [0.5, 0.6) is 5.75 Å². The first-order valence-electron chi connectivity index (χ1n) is 13.1. The maximum absolute atomic E-state index is 15.7. The lowest BCUT2D eigenvalue weighted by atomic mass is 9.74. The molecule has 3 aromatic rings. The summed E-state index contributed by atoms with van der Waals surface area (Å²) in [4.78, 5) is 3.46. The molecule has 1 atom stereocenters. The van der Waals surface area contributed by atoms with Crippen LogP contribution >= 0.6 is 0 Å². The summed E-state index contributed by atoms with van der Waals surface area (Å²) in [5.41, 5.74) is 3.01. The number of rotatable bonds is 7. The molecule has 0 radical (unpaired) electrons. The van der Waals surface area contributed by atoms with Crippen LogP contribution in [0.2, 0.25) is 0 Å². The van der Waals surface area contributed by atoms with Gasteiger partial charge in [-0.15, -0.1) is 0 Å². The van der Waals surface area contributed by atoms with Crippen LogP contribution in [0.1, 0.15) is 35.2 Å². The van der Waals surface area contributed by atoms with Crippen LogP contribution in [0.4, 0.5) is 23.2 Å². The van der Waals surface area contributed by atoms with Crippen LogP contribution in [-0.2, 0) is 13.0 Å². The summed E-state index contributed by atoms with van der Waals surface area (Å²) in [6, 6.07) is 16.9. The number of nitrogens with zero attached hydrogens (tertiary/aromatic N) is 2. The first-order chi connectivity index (χ1) is 18.2. The Bertz CT molecular complexity index is 1290. The van der Waals surface area contributed by atoms with E-state index in [1.54, 1.807) is 12.1 Å². The third kappa shape index (κ3) is 4.87. The highest BCUT2D eigenvalue weighted by molar-refractivity contribution is 5.55. The predicted octanol–water partition coefficient (Wildman–Crippen LogP) is 5.56. The lowest BCUT2D eigenvalue weighted by Gasteiger charge is -2.57. The van der Waals surface area contributed by atoms with Gasteiger partial charge in [0.25, 0.3) is 5.92 Å². The molecule has 6 rings (SSSR count). The fourth-order valence-electron chi connectivity index (χ4n) is 6.01. The zero-order valence-electron chi connectivity index (χ0n) is 21.3. The first-order valence-corrected chi connectivity index (χ1v) is 13.1. The van der Waals surface area contributed by atoms with Gasteiger partial charge >= 0.3 is 0 Å². The van der Waals surface area contributed by atoms with E-state index in [-0.39, 0.29) is 17.5 Å². The van der Waals surface area contributed by atoms with Gasteiger partial charge in [0.1, 0.15) is 24.0 Å². The monoisotopic (exact) mass is 525 g/mol. The Labute approximate surface area is 220 Å². The molecule has 1 unspecified atom stereocenters. The van der Waals surface area contributed by atoms with Crippen molar-refractivity contribution in [2.24, 2.45) is 5.41 Å². The highest BCUT2D eigenvalue weighted by atomic mass is 19.3. The Kier molecular flexibility index (Phi) is 6.35. The van der Waals surface area contributed by atoms with Crippen molar-refractivity contribution in [1.29, 1.82) is 0 Å². The van der Waals surface area contributed by atoms with Gasteiger partial charge in [0.15, 0.2) is 0 Å². The van der Waals surface area contributed by atoms with Gasteiger partial charge in [0.2, 0.25) is 0 Å². The summed E-state index contributed by atoms with van der Waals surface area (Å²) >= 11 is 0. The molecule has 0 aromatic heterocycles. The van der Waals surface area contributed by atoms with Gasteiger partial charge in [-0.3, -0.25) is 4.90 Å². The quantitative estimate of drug-likeness (QED) is 0.409. The molecule has 3 heterocycles. The minimum absolute atomic E-state index is 0.183. The number of fused-ring (bicyclic) bond motifs is 1. The molecule has 2 fully saturated rings. The van der Waals surface area contributed by atoms with Gasteiger partial charge in [-0.2, -0.15) is 0 Å². The van der Waals surface area contributed by atoms with E-state index in [0.29, 0.717) is 30.0 Å². The van der Waals surface area contributed by atoms with Gasteiger partial charge < -0.3 is 15.0 Å². The average Bonchev–Trinajstić information content (AvgIpc) is 2.81. The van der Waals surface area contributed by atoms with Gasteiger partial charge in [0.05, 0.1) is 12.6 Å². The summed E-state index contributed by atoms with van der Waals surface area (Å²) < 4.78 is 65.6. The van der Waals surface area contributed by atoms with Crippen LogP contribution < -0.4 is 15.0 Å². The number of alkyl halides is 2. The third-order valence-corrected chi connectivity index (χ3v) is 7.93. The highest BCUT2D eigenvalue weighted by Gasteiger charge is 2.48. The van der Waals surface area contributed by atoms with Crippen molar-refractivity contribution in [2.75, 3.05) is 44.2 Å². The molecule has 3 aliphatic heterocycles. The van der Waals surface area contributed by atoms with Gasteiger partial charge in [-0.05, 0) is 47.4 Å². The second-order valence-corrected chi connectivity index (χ2v) is 11.1. The largest absolute Gasteiger partial charge is 0.489 e. The zero-order chi connectivity index (χ0) is 26.5.